The third-order valence-electron chi connectivity index (χ3n) is 3.74. The molecule has 1 aliphatic rings. The Kier molecular flexibility index (Phi) is 4.35. The monoisotopic (exact) mass is 371 g/mol. The van der Waals surface area contributed by atoms with E-state index in [9.17, 15) is 18.3 Å². The van der Waals surface area contributed by atoms with Crippen LogP contribution in [0.2, 0.25) is 5.02 Å². The average molecular weight is 372 g/mol. The van der Waals surface area contributed by atoms with Crippen LogP contribution >= 0.6 is 22.9 Å². The highest BCUT2D eigenvalue weighted by Crippen LogP contribution is 2.39. The van der Waals surface area contributed by atoms with Crippen molar-refractivity contribution in [1.82, 2.24) is 0 Å². The largest absolute Gasteiger partial charge is 0.478 e. The lowest BCUT2D eigenvalue weighted by Crippen LogP contribution is -2.15. The minimum absolute atomic E-state index is 0.0654. The molecule has 0 saturated carbocycles. The molecule has 1 aromatic heterocycles. The second-order valence-electron chi connectivity index (χ2n) is 5.26. The first-order valence-corrected chi connectivity index (χ1v) is 9.73. The van der Waals surface area contributed by atoms with E-state index in [1.807, 2.05) is 0 Å². The summed E-state index contributed by atoms with van der Waals surface area (Å²) >= 11 is 7.15. The summed E-state index contributed by atoms with van der Waals surface area (Å²) in [6, 6.07) is 6.07. The minimum Gasteiger partial charge on any atom is -0.478 e. The van der Waals surface area contributed by atoms with Gasteiger partial charge in [0.05, 0.1) is 10.6 Å². The number of carbonyl (C=O) groups is 1. The molecular weight excluding hydrogens is 358 g/mol. The lowest BCUT2D eigenvalue weighted by molar-refractivity contribution is 0.0697. The molecule has 1 aliphatic carbocycles. The maximum absolute atomic E-state index is 12.5. The fraction of sp³-hybridized carbons (Fsp3) is 0.267. The van der Waals surface area contributed by atoms with Gasteiger partial charge < -0.3 is 5.11 Å². The summed E-state index contributed by atoms with van der Waals surface area (Å²) in [6.45, 7) is 0. The standard InChI is InChI=1S/C15H14ClNO4S2/c16-10-6-2-4-8-12(10)23(20,21)17-14-13(15(18)19)9-5-1-3-7-11(9)22-14/h2,4,6,8,17H,1,3,5,7H2,(H,18,19). The van der Waals surface area contributed by atoms with Crippen LogP contribution in [-0.4, -0.2) is 19.5 Å². The predicted octanol–water partition coefficient (Wildman–Crippen LogP) is 3.78. The van der Waals surface area contributed by atoms with Gasteiger partial charge in [-0.05, 0) is 43.4 Å². The van der Waals surface area contributed by atoms with Crippen molar-refractivity contribution in [2.75, 3.05) is 4.72 Å². The first-order valence-electron chi connectivity index (χ1n) is 7.05. The number of thiophene rings is 1. The molecule has 0 atom stereocenters. The maximum atomic E-state index is 12.5. The van der Waals surface area contributed by atoms with Crippen molar-refractivity contribution < 1.29 is 18.3 Å². The van der Waals surface area contributed by atoms with E-state index in [0.29, 0.717) is 6.42 Å². The summed E-state index contributed by atoms with van der Waals surface area (Å²) in [6.07, 6.45) is 3.36. The van der Waals surface area contributed by atoms with Crippen molar-refractivity contribution in [3.8, 4) is 0 Å². The van der Waals surface area contributed by atoms with E-state index in [0.717, 1.165) is 29.7 Å². The van der Waals surface area contributed by atoms with Gasteiger partial charge in [-0.15, -0.1) is 11.3 Å². The lowest BCUT2D eigenvalue weighted by atomic mass is 9.96. The third kappa shape index (κ3) is 3.08. The highest BCUT2D eigenvalue weighted by molar-refractivity contribution is 7.93. The van der Waals surface area contributed by atoms with Crippen LogP contribution in [0.15, 0.2) is 29.2 Å². The normalized spacial score (nSPS) is 14.3. The summed E-state index contributed by atoms with van der Waals surface area (Å²) in [7, 11) is -3.93. The Morgan fingerprint density at radius 3 is 2.61 bits per heavy atom. The molecule has 0 fully saturated rings. The molecule has 23 heavy (non-hydrogen) atoms. The van der Waals surface area contributed by atoms with Crippen LogP contribution in [0.3, 0.4) is 0 Å². The van der Waals surface area contributed by atoms with Gasteiger partial charge in [-0.1, -0.05) is 23.7 Å². The molecule has 0 spiro atoms. The minimum atomic E-state index is -3.93. The molecule has 0 radical (unpaired) electrons. The molecule has 1 aromatic carbocycles. The number of aryl methyl sites for hydroxylation is 1. The quantitative estimate of drug-likeness (QED) is 0.856. The van der Waals surface area contributed by atoms with Crippen LogP contribution in [0.25, 0.3) is 0 Å². The Morgan fingerprint density at radius 1 is 1.22 bits per heavy atom. The highest BCUT2D eigenvalue weighted by Gasteiger charge is 2.28. The first-order chi connectivity index (χ1) is 10.9. The van der Waals surface area contributed by atoms with Crippen LogP contribution in [-0.2, 0) is 22.9 Å². The van der Waals surface area contributed by atoms with Gasteiger partial charge in [0.1, 0.15) is 9.90 Å². The van der Waals surface area contributed by atoms with E-state index in [2.05, 4.69) is 4.72 Å². The zero-order chi connectivity index (χ0) is 16.6. The fourth-order valence-electron chi connectivity index (χ4n) is 2.70. The molecule has 0 aliphatic heterocycles. The van der Waals surface area contributed by atoms with Crippen LogP contribution in [0.5, 0.6) is 0 Å². The van der Waals surface area contributed by atoms with Gasteiger partial charge in [-0.25, -0.2) is 13.2 Å². The van der Waals surface area contributed by atoms with E-state index >= 15 is 0 Å². The molecular formula is C15H14ClNO4S2. The van der Waals surface area contributed by atoms with Gasteiger partial charge >= 0.3 is 5.97 Å². The van der Waals surface area contributed by atoms with Crippen molar-refractivity contribution in [3.63, 3.8) is 0 Å². The Hall–Kier alpha value is -1.57. The molecule has 0 saturated heterocycles. The number of nitrogens with one attached hydrogen (secondary N) is 1. The molecule has 8 heteroatoms. The molecule has 0 bridgehead atoms. The van der Waals surface area contributed by atoms with Crippen molar-refractivity contribution in [1.29, 1.82) is 0 Å². The topological polar surface area (TPSA) is 83.5 Å². The van der Waals surface area contributed by atoms with Crippen LogP contribution in [0.4, 0.5) is 5.00 Å². The van der Waals surface area contributed by atoms with Gasteiger partial charge in [-0.3, -0.25) is 4.72 Å². The number of halogens is 1. The van der Waals surface area contributed by atoms with Crippen molar-refractivity contribution in [3.05, 3.63) is 45.3 Å². The number of sulfonamides is 1. The Balaban J connectivity index is 2.05. The Bertz CT molecular complexity index is 874. The molecule has 2 aromatic rings. The molecule has 0 unspecified atom stereocenters. The zero-order valence-corrected chi connectivity index (χ0v) is 14.4. The van der Waals surface area contributed by atoms with E-state index in [1.54, 1.807) is 12.1 Å². The summed E-state index contributed by atoms with van der Waals surface area (Å²) < 4.78 is 27.5. The second-order valence-corrected chi connectivity index (χ2v) is 8.42. The lowest BCUT2D eigenvalue weighted by Gasteiger charge is -2.11. The number of benzene rings is 1. The van der Waals surface area contributed by atoms with Crippen molar-refractivity contribution in [2.24, 2.45) is 0 Å². The zero-order valence-electron chi connectivity index (χ0n) is 12.0. The highest BCUT2D eigenvalue weighted by atomic mass is 35.5. The number of anilines is 1. The Labute approximate surface area is 143 Å². The maximum Gasteiger partial charge on any atom is 0.339 e. The van der Waals surface area contributed by atoms with Crippen LogP contribution < -0.4 is 4.72 Å². The molecule has 1 heterocycles. The Morgan fingerprint density at radius 2 is 1.91 bits per heavy atom. The van der Waals surface area contributed by atoms with Gasteiger partial charge in [0.25, 0.3) is 10.0 Å². The number of carboxylic acids is 1. The number of fused-ring (bicyclic) bond motifs is 1. The molecule has 3 rings (SSSR count). The van der Waals surface area contributed by atoms with Crippen molar-refractivity contribution >= 4 is 43.9 Å². The van der Waals surface area contributed by atoms with Gasteiger partial charge in [0.15, 0.2) is 0 Å². The van der Waals surface area contributed by atoms with Crippen LogP contribution in [0.1, 0.15) is 33.6 Å². The molecule has 122 valence electrons. The van der Waals surface area contributed by atoms with Gasteiger partial charge in [-0.2, -0.15) is 0 Å². The summed E-state index contributed by atoms with van der Waals surface area (Å²) in [4.78, 5) is 12.5. The summed E-state index contributed by atoms with van der Waals surface area (Å²) in [5.41, 5.74) is 0.825. The molecule has 2 N–H and O–H groups in total. The van der Waals surface area contributed by atoms with E-state index in [1.165, 1.54) is 23.5 Å². The SMILES string of the molecule is O=C(O)c1c(NS(=O)(=O)c2ccccc2Cl)sc2c1CCCC2. The summed E-state index contributed by atoms with van der Waals surface area (Å²) in [5.74, 6) is -1.11. The number of hydrogen-bond donors (Lipinski definition) is 2. The molecule has 5 nitrogen and oxygen atoms in total. The van der Waals surface area contributed by atoms with Gasteiger partial charge in [0.2, 0.25) is 0 Å². The third-order valence-corrected chi connectivity index (χ3v) is 6.92. The number of aromatic carboxylic acids is 1. The van der Waals surface area contributed by atoms with E-state index < -0.39 is 16.0 Å². The van der Waals surface area contributed by atoms with E-state index in [-0.39, 0.29) is 20.5 Å². The smallest absolute Gasteiger partial charge is 0.339 e. The fourth-order valence-corrected chi connectivity index (χ4v) is 5.81. The summed E-state index contributed by atoms with van der Waals surface area (Å²) in [5, 5.41) is 9.73. The second kappa shape index (κ2) is 6.14. The van der Waals surface area contributed by atoms with Crippen molar-refractivity contribution in [2.45, 2.75) is 30.6 Å². The number of hydrogen-bond acceptors (Lipinski definition) is 4. The number of carboxylic acid groups (broad SMARTS) is 1. The first kappa shape index (κ1) is 16.3. The predicted molar refractivity (Wildman–Crippen MR) is 90.2 cm³/mol. The average Bonchev–Trinajstić information content (AvgIpc) is 2.84. The van der Waals surface area contributed by atoms with Gasteiger partial charge in [0, 0.05) is 4.88 Å². The van der Waals surface area contributed by atoms with E-state index in [4.69, 9.17) is 11.6 Å². The molecule has 0 amide bonds. The number of rotatable bonds is 4. The van der Waals surface area contributed by atoms with Crippen LogP contribution in [0, 0.1) is 0 Å².